The average molecular weight is 576 g/mol. The number of nitrogens with zero attached hydrogens (tertiary/aromatic N) is 3. The molecular weight excluding hydrogens is 550 g/mol. The van der Waals surface area contributed by atoms with Crippen molar-refractivity contribution in [1.29, 1.82) is 0 Å². The van der Waals surface area contributed by atoms with E-state index in [0.29, 0.717) is 17.5 Å². The van der Waals surface area contributed by atoms with Gasteiger partial charge in [0.15, 0.2) is 17.5 Å². The lowest BCUT2D eigenvalue weighted by atomic mass is 9.89. The van der Waals surface area contributed by atoms with Crippen LogP contribution in [-0.4, -0.2) is 15.0 Å². The van der Waals surface area contributed by atoms with Gasteiger partial charge in [-0.2, -0.15) is 0 Å². The van der Waals surface area contributed by atoms with Crippen LogP contribution in [0.25, 0.3) is 88.8 Å². The minimum atomic E-state index is 0.577. The molecule has 2 aromatic heterocycles. The quantitative estimate of drug-likeness (QED) is 0.209. The molecule has 0 saturated heterocycles. The predicted octanol–water partition coefficient (Wildman–Crippen LogP) is 10.7. The zero-order valence-electron chi connectivity index (χ0n) is 24.2. The fourth-order valence-electron chi connectivity index (χ4n) is 6.43. The van der Waals surface area contributed by atoms with Crippen LogP contribution in [0.5, 0.6) is 0 Å². The van der Waals surface area contributed by atoms with Crippen molar-refractivity contribution < 1.29 is 4.42 Å². The monoisotopic (exact) mass is 575 g/mol. The van der Waals surface area contributed by atoms with Crippen molar-refractivity contribution in [1.82, 2.24) is 15.0 Å². The Kier molecular flexibility index (Phi) is 5.78. The fraction of sp³-hybridized carbons (Fsp3) is 0. The molecule has 0 aliphatic carbocycles. The van der Waals surface area contributed by atoms with E-state index in [2.05, 4.69) is 78.9 Å². The standard InChI is InChI=1S/C41H25N3O/c1-3-14-27(15-4-1)39-42-40(28-16-5-2-6-17-28)44-41(43-39)37-32-20-10-9-19-31(32)35(30-24-23-26-13-7-8-18-29(26)25-30)36-33-21-11-12-22-34(33)45-38(36)37/h1-25H. The van der Waals surface area contributed by atoms with E-state index < -0.39 is 0 Å². The topological polar surface area (TPSA) is 51.8 Å². The van der Waals surface area contributed by atoms with Gasteiger partial charge in [-0.3, -0.25) is 0 Å². The number of hydrogen-bond donors (Lipinski definition) is 0. The first kappa shape index (κ1) is 25.4. The Hall–Kier alpha value is -6.13. The molecule has 0 radical (unpaired) electrons. The van der Waals surface area contributed by atoms with E-state index in [4.69, 9.17) is 19.4 Å². The third-order valence-corrected chi connectivity index (χ3v) is 8.50. The van der Waals surface area contributed by atoms with Crippen molar-refractivity contribution in [3.63, 3.8) is 0 Å². The van der Waals surface area contributed by atoms with Crippen molar-refractivity contribution in [2.45, 2.75) is 0 Å². The average Bonchev–Trinajstić information content (AvgIpc) is 3.50. The number of rotatable bonds is 4. The molecule has 0 atom stereocenters. The van der Waals surface area contributed by atoms with E-state index in [1.54, 1.807) is 0 Å². The van der Waals surface area contributed by atoms with Crippen LogP contribution in [0.15, 0.2) is 156 Å². The zero-order valence-corrected chi connectivity index (χ0v) is 24.2. The van der Waals surface area contributed by atoms with E-state index in [1.807, 2.05) is 72.8 Å². The number of hydrogen-bond acceptors (Lipinski definition) is 4. The molecule has 0 aliphatic heterocycles. The van der Waals surface area contributed by atoms with Gasteiger partial charge in [0.2, 0.25) is 0 Å². The maximum Gasteiger partial charge on any atom is 0.168 e. The summed E-state index contributed by atoms with van der Waals surface area (Å²) >= 11 is 0. The molecule has 0 spiro atoms. The molecule has 0 bridgehead atoms. The molecule has 0 unspecified atom stereocenters. The van der Waals surface area contributed by atoms with Gasteiger partial charge >= 0.3 is 0 Å². The van der Waals surface area contributed by atoms with E-state index in [-0.39, 0.29) is 0 Å². The van der Waals surface area contributed by atoms with Crippen molar-refractivity contribution in [3.8, 4) is 45.3 Å². The van der Waals surface area contributed by atoms with Gasteiger partial charge in [-0.25, -0.2) is 15.0 Å². The van der Waals surface area contributed by atoms with Gasteiger partial charge in [-0.1, -0.05) is 140 Å². The first-order chi connectivity index (χ1) is 22.3. The molecule has 4 nitrogen and oxygen atoms in total. The van der Waals surface area contributed by atoms with Crippen LogP contribution in [0.2, 0.25) is 0 Å². The van der Waals surface area contributed by atoms with Crippen LogP contribution in [0.4, 0.5) is 0 Å². The first-order valence-electron chi connectivity index (χ1n) is 15.0. The minimum absolute atomic E-state index is 0.577. The Bertz CT molecular complexity index is 2480. The highest BCUT2D eigenvalue weighted by molar-refractivity contribution is 6.26. The van der Waals surface area contributed by atoms with Gasteiger partial charge < -0.3 is 4.42 Å². The van der Waals surface area contributed by atoms with Gasteiger partial charge in [0.25, 0.3) is 0 Å². The molecule has 0 N–H and O–H groups in total. The Morgan fingerprint density at radius 3 is 1.60 bits per heavy atom. The summed E-state index contributed by atoms with van der Waals surface area (Å²) in [5.74, 6) is 1.81. The van der Waals surface area contributed by atoms with Crippen LogP contribution < -0.4 is 0 Å². The van der Waals surface area contributed by atoms with E-state index in [9.17, 15) is 0 Å². The molecule has 0 aliphatic rings. The maximum atomic E-state index is 6.79. The lowest BCUT2D eigenvalue weighted by Gasteiger charge is -2.15. The van der Waals surface area contributed by atoms with Crippen LogP contribution in [-0.2, 0) is 0 Å². The molecule has 0 amide bonds. The third-order valence-electron chi connectivity index (χ3n) is 8.50. The highest BCUT2D eigenvalue weighted by Crippen LogP contribution is 2.47. The SMILES string of the molecule is c1ccc(-c2nc(-c3ccccc3)nc(-c3c4ccccc4c(-c4ccc5ccccc5c4)c4c3oc3ccccc34)n2)cc1. The van der Waals surface area contributed by atoms with Crippen LogP contribution in [0.1, 0.15) is 0 Å². The molecule has 4 heteroatoms. The van der Waals surface area contributed by atoms with Crippen molar-refractivity contribution in [3.05, 3.63) is 152 Å². The zero-order chi connectivity index (χ0) is 29.7. The fourth-order valence-corrected chi connectivity index (χ4v) is 6.43. The summed E-state index contributed by atoms with van der Waals surface area (Å²) in [6.45, 7) is 0. The smallest absolute Gasteiger partial charge is 0.168 e. The summed E-state index contributed by atoms with van der Waals surface area (Å²) < 4.78 is 6.79. The second kappa shape index (κ2) is 10.2. The Balaban J connectivity index is 1.43. The normalized spacial score (nSPS) is 11.6. The van der Waals surface area contributed by atoms with Gasteiger partial charge in [-0.05, 0) is 39.2 Å². The second-order valence-corrected chi connectivity index (χ2v) is 11.2. The third kappa shape index (κ3) is 4.19. The molecule has 7 aromatic carbocycles. The van der Waals surface area contributed by atoms with Gasteiger partial charge in [0.05, 0.1) is 5.56 Å². The maximum absolute atomic E-state index is 6.79. The molecule has 9 aromatic rings. The molecule has 210 valence electrons. The molecule has 2 heterocycles. The first-order valence-corrected chi connectivity index (χ1v) is 15.0. The Morgan fingerprint density at radius 2 is 0.911 bits per heavy atom. The summed E-state index contributed by atoms with van der Waals surface area (Å²) in [7, 11) is 0. The number of furan rings is 1. The second-order valence-electron chi connectivity index (χ2n) is 11.2. The van der Waals surface area contributed by atoms with Crippen LogP contribution in [0.3, 0.4) is 0 Å². The number of fused-ring (bicyclic) bond motifs is 5. The number of para-hydroxylation sites is 1. The lowest BCUT2D eigenvalue weighted by Crippen LogP contribution is -2.01. The van der Waals surface area contributed by atoms with Crippen molar-refractivity contribution in [2.24, 2.45) is 0 Å². The van der Waals surface area contributed by atoms with Gasteiger partial charge in [-0.15, -0.1) is 0 Å². The largest absolute Gasteiger partial charge is 0.455 e. The highest BCUT2D eigenvalue weighted by atomic mass is 16.3. The van der Waals surface area contributed by atoms with E-state index >= 15 is 0 Å². The van der Waals surface area contributed by atoms with Crippen molar-refractivity contribution in [2.75, 3.05) is 0 Å². The van der Waals surface area contributed by atoms with E-state index in [1.165, 1.54) is 10.8 Å². The molecule has 0 saturated carbocycles. The van der Waals surface area contributed by atoms with Crippen LogP contribution in [0, 0.1) is 0 Å². The highest BCUT2D eigenvalue weighted by Gasteiger charge is 2.25. The van der Waals surface area contributed by atoms with Crippen molar-refractivity contribution >= 4 is 43.5 Å². The number of aromatic nitrogens is 3. The summed E-state index contributed by atoms with van der Waals surface area (Å²) in [5, 5.41) is 6.66. The van der Waals surface area contributed by atoms with E-state index in [0.717, 1.165) is 60.5 Å². The predicted molar refractivity (Wildman–Crippen MR) is 184 cm³/mol. The van der Waals surface area contributed by atoms with Crippen LogP contribution >= 0.6 is 0 Å². The summed E-state index contributed by atoms with van der Waals surface area (Å²) in [4.78, 5) is 15.2. The molecule has 45 heavy (non-hydrogen) atoms. The van der Waals surface area contributed by atoms with Gasteiger partial charge in [0.1, 0.15) is 11.2 Å². The van der Waals surface area contributed by atoms with Gasteiger partial charge in [0, 0.05) is 27.5 Å². The summed E-state index contributed by atoms with van der Waals surface area (Å²) in [6.07, 6.45) is 0. The Labute approximate surface area is 259 Å². The number of benzene rings is 7. The summed E-state index contributed by atoms with van der Waals surface area (Å²) in [6, 6.07) is 52.1. The molecule has 0 fully saturated rings. The molecular formula is C41H25N3O. The molecule has 9 rings (SSSR count). The lowest BCUT2D eigenvalue weighted by molar-refractivity contribution is 0.670. The minimum Gasteiger partial charge on any atom is -0.455 e. The Morgan fingerprint density at radius 1 is 0.378 bits per heavy atom. The summed E-state index contributed by atoms with van der Waals surface area (Å²) in [5.41, 5.74) is 6.58.